The molecule has 1 aromatic carbocycles. The van der Waals surface area contributed by atoms with Gasteiger partial charge in [0.15, 0.2) is 6.61 Å². The first-order chi connectivity index (χ1) is 16.2. The molecule has 0 bridgehead atoms. The predicted octanol–water partition coefficient (Wildman–Crippen LogP) is 0.315. The van der Waals surface area contributed by atoms with E-state index in [1.807, 2.05) is 5.32 Å². The number of piperazine rings is 1. The lowest BCUT2D eigenvalue weighted by Gasteiger charge is -2.33. The number of amides is 4. The van der Waals surface area contributed by atoms with Gasteiger partial charge in [0.1, 0.15) is 5.76 Å². The highest BCUT2D eigenvalue weighted by Gasteiger charge is 2.29. The van der Waals surface area contributed by atoms with Crippen molar-refractivity contribution in [1.82, 2.24) is 19.8 Å². The van der Waals surface area contributed by atoms with E-state index in [-0.39, 0.29) is 49.1 Å². The van der Waals surface area contributed by atoms with Crippen LogP contribution >= 0.6 is 0 Å². The standard InChI is InChI=1S/C21H24N4O8S/c1-15(26)24-7-9-25(10-8-24)34(30,31)18-6-2-4-16(12-18)20(28)33-14-19(27)23-21(29)22-13-17-5-3-11-32-17/h2-6,11-12H,7-10,13-14H2,1H3,(H2,22,23,27,29). The second-order valence-corrected chi connectivity index (χ2v) is 9.26. The number of imide groups is 1. The van der Waals surface area contributed by atoms with Gasteiger partial charge in [-0.25, -0.2) is 18.0 Å². The van der Waals surface area contributed by atoms with Crippen molar-refractivity contribution in [3.63, 3.8) is 0 Å². The molecule has 0 spiro atoms. The van der Waals surface area contributed by atoms with E-state index in [0.29, 0.717) is 5.76 Å². The summed E-state index contributed by atoms with van der Waals surface area (Å²) in [5.41, 5.74) is -0.0708. The van der Waals surface area contributed by atoms with Crippen LogP contribution in [-0.2, 0) is 30.9 Å². The Kier molecular flexibility index (Phi) is 8.02. The number of urea groups is 1. The first-order valence-electron chi connectivity index (χ1n) is 10.3. The van der Waals surface area contributed by atoms with Gasteiger partial charge in [0.05, 0.1) is 23.3 Å². The molecule has 2 N–H and O–H groups in total. The first-order valence-corrected chi connectivity index (χ1v) is 11.7. The molecule has 1 aliphatic heterocycles. The first kappa shape index (κ1) is 24.9. The molecule has 12 nitrogen and oxygen atoms in total. The summed E-state index contributed by atoms with van der Waals surface area (Å²) in [5, 5.41) is 4.40. The fraction of sp³-hybridized carbons (Fsp3) is 0.333. The van der Waals surface area contributed by atoms with Crippen LogP contribution in [0.5, 0.6) is 0 Å². The zero-order valence-corrected chi connectivity index (χ0v) is 19.2. The number of nitrogens with one attached hydrogen (secondary N) is 2. The van der Waals surface area contributed by atoms with E-state index in [4.69, 9.17) is 9.15 Å². The summed E-state index contributed by atoms with van der Waals surface area (Å²) in [4.78, 5) is 48.8. The van der Waals surface area contributed by atoms with Gasteiger partial charge >= 0.3 is 12.0 Å². The summed E-state index contributed by atoms with van der Waals surface area (Å²) in [6, 6.07) is 7.73. The van der Waals surface area contributed by atoms with E-state index in [2.05, 4.69) is 5.32 Å². The van der Waals surface area contributed by atoms with E-state index in [1.165, 1.54) is 35.7 Å². The molecule has 2 heterocycles. The maximum Gasteiger partial charge on any atom is 0.338 e. The third-order valence-electron chi connectivity index (χ3n) is 4.98. The lowest BCUT2D eigenvalue weighted by molar-refractivity contribution is -0.130. The number of rotatable bonds is 7. The molecule has 0 aliphatic carbocycles. The average Bonchev–Trinajstić information content (AvgIpc) is 3.35. The molecule has 0 saturated carbocycles. The SMILES string of the molecule is CC(=O)N1CCN(S(=O)(=O)c2cccc(C(=O)OCC(=O)NC(=O)NCc3ccco3)c2)CC1. The van der Waals surface area contributed by atoms with Gasteiger partial charge in [-0.3, -0.25) is 14.9 Å². The van der Waals surface area contributed by atoms with Crippen LogP contribution in [0.25, 0.3) is 0 Å². The number of carbonyl (C=O) groups is 4. The van der Waals surface area contributed by atoms with Crippen LogP contribution in [0.4, 0.5) is 4.79 Å². The topological polar surface area (TPSA) is 155 Å². The van der Waals surface area contributed by atoms with Crippen molar-refractivity contribution in [2.24, 2.45) is 0 Å². The minimum atomic E-state index is -3.89. The molecular weight excluding hydrogens is 468 g/mol. The molecule has 0 atom stereocenters. The number of furan rings is 1. The number of sulfonamides is 1. The molecule has 1 saturated heterocycles. The Labute approximate surface area is 195 Å². The number of benzene rings is 1. The molecule has 4 amide bonds. The minimum absolute atomic E-state index is 0.0664. The van der Waals surface area contributed by atoms with Gasteiger partial charge in [-0.15, -0.1) is 0 Å². The Morgan fingerprint density at radius 3 is 2.44 bits per heavy atom. The quantitative estimate of drug-likeness (QED) is 0.524. The van der Waals surface area contributed by atoms with Gasteiger partial charge in [-0.1, -0.05) is 6.07 Å². The highest BCUT2D eigenvalue weighted by molar-refractivity contribution is 7.89. The summed E-state index contributed by atoms with van der Waals surface area (Å²) in [7, 11) is -3.89. The fourth-order valence-corrected chi connectivity index (χ4v) is 4.65. The molecule has 0 unspecified atom stereocenters. The van der Waals surface area contributed by atoms with Crippen molar-refractivity contribution in [2.75, 3.05) is 32.8 Å². The molecule has 1 fully saturated rings. The Morgan fingerprint density at radius 2 is 1.79 bits per heavy atom. The number of esters is 1. The zero-order chi connectivity index (χ0) is 24.7. The summed E-state index contributed by atoms with van der Waals surface area (Å²) in [6.45, 7) is 1.58. The number of ether oxygens (including phenoxy) is 1. The van der Waals surface area contributed by atoms with Crippen molar-refractivity contribution in [3.8, 4) is 0 Å². The van der Waals surface area contributed by atoms with Crippen molar-refractivity contribution >= 4 is 33.8 Å². The van der Waals surface area contributed by atoms with Crippen LogP contribution in [0.1, 0.15) is 23.0 Å². The second kappa shape index (κ2) is 10.9. The Hall–Kier alpha value is -3.71. The van der Waals surface area contributed by atoms with Crippen molar-refractivity contribution in [1.29, 1.82) is 0 Å². The zero-order valence-electron chi connectivity index (χ0n) is 18.4. The Balaban J connectivity index is 1.52. The lowest BCUT2D eigenvalue weighted by Crippen LogP contribution is -2.49. The lowest BCUT2D eigenvalue weighted by atomic mass is 10.2. The van der Waals surface area contributed by atoms with Crippen LogP contribution in [0.3, 0.4) is 0 Å². The fourth-order valence-electron chi connectivity index (χ4n) is 3.18. The Bertz CT molecular complexity index is 1160. The van der Waals surface area contributed by atoms with Gasteiger partial charge in [0, 0.05) is 33.1 Å². The largest absolute Gasteiger partial charge is 0.467 e. The van der Waals surface area contributed by atoms with Crippen molar-refractivity contribution in [2.45, 2.75) is 18.4 Å². The van der Waals surface area contributed by atoms with Gasteiger partial charge in [0.25, 0.3) is 5.91 Å². The molecule has 1 aliphatic rings. The van der Waals surface area contributed by atoms with E-state index < -0.39 is 34.5 Å². The normalized spacial score (nSPS) is 14.3. The summed E-state index contributed by atoms with van der Waals surface area (Å²) in [6.07, 6.45) is 1.44. The predicted molar refractivity (Wildman–Crippen MR) is 117 cm³/mol. The van der Waals surface area contributed by atoms with Gasteiger partial charge in [-0.2, -0.15) is 4.31 Å². The number of carbonyl (C=O) groups excluding carboxylic acids is 4. The van der Waals surface area contributed by atoms with Crippen LogP contribution in [-0.4, -0.2) is 74.2 Å². The highest BCUT2D eigenvalue weighted by Crippen LogP contribution is 2.19. The van der Waals surface area contributed by atoms with Crippen LogP contribution in [0.15, 0.2) is 52.0 Å². The van der Waals surface area contributed by atoms with Crippen molar-refractivity contribution < 1.29 is 36.7 Å². The number of nitrogens with zero attached hydrogens (tertiary/aromatic N) is 2. The highest BCUT2D eigenvalue weighted by atomic mass is 32.2. The van der Waals surface area contributed by atoms with Crippen LogP contribution < -0.4 is 10.6 Å². The smallest absolute Gasteiger partial charge is 0.338 e. The summed E-state index contributed by atoms with van der Waals surface area (Å²) < 4.78 is 37.0. The molecule has 3 rings (SSSR count). The molecule has 182 valence electrons. The third-order valence-corrected chi connectivity index (χ3v) is 6.88. The van der Waals surface area contributed by atoms with Gasteiger partial charge in [0.2, 0.25) is 15.9 Å². The maximum absolute atomic E-state index is 12.9. The van der Waals surface area contributed by atoms with E-state index in [1.54, 1.807) is 17.0 Å². The van der Waals surface area contributed by atoms with E-state index >= 15 is 0 Å². The van der Waals surface area contributed by atoms with E-state index in [0.717, 1.165) is 6.07 Å². The van der Waals surface area contributed by atoms with Gasteiger partial charge < -0.3 is 19.4 Å². The van der Waals surface area contributed by atoms with E-state index in [9.17, 15) is 27.6 Å². The molecule has 34 heavy (non-hydrogen) atoms. The maximum atomic E-state index is 12.9. The summed E-state index contributed by atoms with van der Waals surface area (Å²) in [5.74, 6) is -1.42. The second-order valence-electron chi connectivity index (χ2n) is 7.32. The minimum Gasteiger partial charge on any atom is -0.467 e. The summed E-state index contributed by atoms with van der Waals surface area (Å²) >= 11 is 0. The number of hydrogen-bond donors (Lipinski definition) is 2. The van der Waals surface area contributed by atoms with Gasteiger partial charge in [-0.05, 0) is 30.3 Å². The monoisotopic (exact) mass is 492 g/mol. The molecular formula is C21H24N4O8S. The number of hydrogen-bond acceptors (Lipinski definition) is 8. The molecule has 1 aromatic heterocycles. The van der Waals surface area contributed by atoms with Crippen LogP contribution in [0.2, 0.25) is 0 Å². The molecule has 2 aromatic rings. The van der Waals surface area contributed by atoms with Crippen molar-refractivity contribution in [3.05, 3.63) is 54.0 Å². The molecule has 0 radical (unpaired) electrons. The Morgan fingerprint density at radius 1 is 1.06 bits per heavy atom. The third kappa shape index (κ3) is 6.42. The molecule has 13 heteroatoms. The van der Waals surface area contributed by atoms with Crippen LogP contribution in [0, 0.1) is 0 Å². The average molecular weight is 493 g/mol.